The summed E-state index contributed by atoms with van der Waals surface area (Å²) in [6, 6.07) is 18.6. The Labute approximate surface area is 156 Å². The number of nitrogens with one attached hydrogen (secondary N) is 1. The summed E-state index contributed by atoms with van der Waals surface area (Å²) in [4.78, 5) is 4.62. The lowest BCUT2D eigenvalue weighted by Gasteiger charge is -2.09. The Bertz CT molecular complexity index is 1150. The van der Waals surface area contributed by atoms with Gasteiger partial charge < -0.3 is 0 Å². The third kappa shape index (κ3) is 3.53. The number of pyridine rings is 1. The van der Waals surface area contributed by atoms with Gasteiger partial charge in [-0.2, -0.15) is 11.3 Å². The Morgan fingerprint density at radius 3 is 2.62 bits per heavy atom. The maximum Gasteiger partial charge on any atom is 0.240 e. The van der Waals surface area contributed by atoms with Crippen LogP contribution in [0.15, 0.2) is 82.5 Å². The number of hydrogen-bond acceptors (Lipinski definition) is 4. The van der Waals surface area contributed by atoms with Crippen molar-refractivity contribution < 1.29 is 8.42 Å². The Hall–Kier alpha value is -2.54. The molecule has 6 heteroatoms. The Morgan fingerprint density at radius 1 is 0.962 bits per heavy atom. The van der Waals surface area contributed by atoms with Crippen molar-refractivity contribution in [2.45, 2.75) is 11.4 Å². The van der Waals surface area contributed by atoms with E-state index in [2.05, 4.69) is 9.71 Å². The number of nitrogens with zero attached hydrogens (tertiary/aromatic N) is 1. The van der Waals surface area contributed by atoms with Crippen molar-refractivity contribution in [1.82, 2.24) is 9.71 Å². The van der Waals surface area contributed by atoms with E-state index < -0.39 is 10.0 Å². The summed E-state index contributed by atoms with van der Waals surface area (Å²) >= 11 is 1.60. The molecule has 130 valence electrons. The van der Waals surface area contributed by atoms with Gasteiger partial charge in [-0.15, -0.1) is 0 Å². The van der Waals surface area contributed by atoms with E-state index in [0.717, 1.165) is 27.6 Å². The molecule has 2 aromatic heterocycles. The van der Waals surface area contributed by atoms with E-state index in [1.807, 2.05) is 59.3 Å². The molecular weight excluding hydrogens is 364 g/mol. The molecule has 0 spiro atoms. The third-order valence-electron chi connectivity index (χ3n) is 4.14. The van der Waals surface area contributed by atoms with Crippen molar-refractivity contribution in [2.75, 3.05) is 0 Å². The van der Waals surface area contributed by atoms with Crippen LogP contribution in [-0.2, 0) is 16.6 Å². The van der Waals surface area contributed by atoms with Crippen LogP contribution in [0.3, 0.4) is 0 Å². The molecule has 2 heterocycles. The molecule has 0 atom stereocenters. The molecule has 4 rings (SSSR count). The number of rotatable bonds is 5. The van der Waals surface area contributed by atoms with Crippen molar-refractivity contribution in [3.05, 3.63) is 83.2 Å². The fourth-order valence-corrected chi connectivity index (χ4v) is 4.45. The van der Waals surface area contributed by atoms with Gasteiger partial charge in [-0.05, 0) is 52.0 Å². The zero-order chi connectivity index (χ0) is 18.0. The SMILES string of the molecule is O=S(=O)(NCc1ccnc(-c2ccsc2)c1)c1ccc2ccccc2c1. The fraction of sp³-hybridized carbons (Fsp3) is 0.0500. The standard InChI is InChI=1S/C20H16N2O2S2/c23-26(24,19-6-5-16-3-1-2-4-17(16)12-19)22-13-15-7-9-21-20(11-15)18-8-10-25-14-18/h1-12,14,22H,13H2. The highest BCUT2D eigenvalue weighted by Crippen LogP contribution is 2.21. The van der Waals surface area contributed by atoms with Gasteiger partial charge in [0.05, 0.1) is 10.6 Å². The summed E-state index contributed by atoms with van der Waals surface area (Å²) in [5.74, 6) is 0. The average Bonchev–Trinajstić information content (AvgIpc) is 3.21. The van der Waals surface area contributed by atoms with Crippen molar-refractivity contribution in [3.8, 4) is 11.3 Å². The molecule has 0 bridgehead atoms. The van der Waals surface area contributed by atoms with Gasteiger partial charge in [0.2, 0.25) is 10.0 Å². The molecule has 0 unspecified atom stereocenters. The van der Waals surface area contributed by atoms with Crippen LogP contribution >= 0.6 is 11.3 Å². The largest absolute Gasteiger partial charge is 0.256 e. The van der Waals surface area contributed by atoms with Crippen molar-refractivity contribution in [2.24, 2.45) is 0 Å². The second-order valence-corrected chi connectivity index (χ2v) is 8.44. The van der Waals surface area contributed by atoms with Gasteiger partial charge >= 0.3 is 0 Å². The van der Waals surface area contributed by atoms with Crippen LogP contribution in [-0.4, -0.2) is 13.4 Å². The van der Waals surface area contributed by atoms with Crippen molar-refractivity contribution in [1.29, 1.82) is 0 Å². The predicted octanol–water partition coefficient (Wildman–Crippen LogP) is 4.44. The Balaban J connectivity index is 1.55. The third-order valence-corrected chi connectivity index (χ3v) is 6.22. The second-order valence-electron chi connectivity index (χ2n) is 5.89. The van der Waals surface area contributed by atoms with E-state index in [-0.39, 0.29) is 11.4 Å². The fourth-order valence-electron chi connectivity index (χ4n) is 2.75. The number of benzene rings is 2. The van der Waals surface area contributed by atoms with E-state index in [0.29, 0.717) is 0 Å². The van der Waals surface area contributed by atoms with E-state index in [4.69, 9.17) is 0 Å². The first-order chi connectivity index (χ1) is 12.6. The number of hydrogen-bond donors (Lipinski definition) is 1. The van der Waals surface area contributed by atoms with E-state index in [1.165, 1.54) is 0 Å². The smallest absolute Gasteiger partial charge is 0.240 e. The van der Waals surface area contributed by atoms with Crippen LogP contribution in [0.2, 0.25) is 0 Å². The average molecular weight is 380 g/mol. The minimum absolute atomic E-state index is 0.217. The van der Waals surface area contributed by atoms with E-state index in [9.17, 15) is 8.42 Å². The summed E-state index contributed by atoms with van der Waals surface area (Å²) in [6.07, 6.45) is 1.70. The molecule has 0 radical (unpaired) electrons. The maximum atomic E-state index is 12.6. The van der Waals surface area contributed by atoms with Gasteiger partial charge in [-0.25, -0.2) is 13.1 Å². The molecule has 0 aliphatic heterocycles. The maximum absolute atomic E-state index is 12.6. The Morgan fingerprint density at radius 2 is 1.81 bits per heavy atom. The summed E-state index contributed by atoms with van der Waals surface area (Å²) in [5.41, 5.74) is 2.74. The first-order valence-electron chi connectivity index (χ1n) is 8.08. The molecular formula is C20H16N2O2S2. The molecule has 0 saturated heterocycles. The van der Waals surface area contributed by atoms with Crippen LogP contribution in [0.25, 0.3) is 22.0 Å². The van der Waals surface area contributed by atoms with Crippen LogP contribution in [0, 0.1) is 0 Å². The Kier molecular flexibility index (Phi) is 4.55. The molecule has 26 heavy (non-hydrogen) atoms. The van der Waals surface area contributed by atoms with Crippen molar-refractivity contribution >= 4 is 32.1 Å². The van der Waals surface area contributed by atoms with Crippen molar-refractivity contribution in [3.63, 3.8) is 0 Å². The highest BCUT2D eigenvalue weighted by molar-refractivity contribution is 7.89. The summed E-state index contributed by atoms with van der Waals surface area (Å²) in [7, 11) is -3.58. The zero-order valence-corrected chi connectivity index (χ0v) is 15.4. The summed E-state index contributed by atoms with van der Waals surface area (Å²) in [6.45, 7) is 0.217. The minimum atomic E-state index is -3.58. The van der Waals surface area contributed by atoms with Gasteiger partial charge in [-0.3, -0.25) is 4.98 Å². The van der Waals surface area contributed by atoms with Gasteiger partial charge in [0, 0.05) is 23.7 Å². The molecule has 0 saturated carbocycles. The normalized spacial score (nSPS) is 11.7. The molecule has 4 aromatic rings. The highest BCUT2D eigenvalue weighted by Gasteiger charge is 2.14. The van der Waals surface area contributed by atoms with Gasteiger partial charge in [-0.1, -0.05) is 30.3 Å². The number of thiophene rings is 1. The van der Waals surface area contributed by atoms with Crippen LogP contribution in [0.1, 0.15) is 5.56 Å². The molecule has 2 aromatic carbocycles. The molecule has 0 amide bonds. The lowest BCUT2D eigenvalue weighted by molar-refractivity contribution is 0.581. The van der Waals surface area contributed by atoms with Crippen LogP contribution < -0.4 is 4.72 Å². The van der Waals surface area contributed by atoms with Crippen LogP contribution in [0.4, 0.5) is 0 Å². The first kappa shape index (κ1) is 16.9. The molecule has 0 fully saturated rings. The zero-order valence-electron chi connectivity index (χ0n) is 13.8. The topological polar surface area (TPSA) is 59.1 Å². The molecule has 0 aliphatic rings. The quantitative estimate of drug-likeness (QED) is 0.557. The number of sulfonamides is 1. The summed E-state index contributed by atoms with van der Waals surface area (Å²) in [5, 5.41) is 5.93. The van der Waals surface area contributed by atoms with Gasteiger partial charge in [0.1, 0.15) is 0 Å². The van der Waals surface area contributed by atoms with Gasteiger partial charge in [0.15, 0.2) is 0 Å². The highest BCUT2D eigenvalue weighted by atomic mass is 32.2. The van der Waals surface area contributed by atoms with Crippen LogP contribution in [0.5, 0.6) is 0 Å². The molecule has 4 nitrogen and oxygen atoms in total. The first-order valence-corrected chi connectivity index (χ1v) is 10.5. The van der Waals surface area contributed by atoms with E-state index >= 15 is 0 Å². The van der Waals surface area contributed by atoms with E-state index in [1.54, 1.807) is 29.7 Å². The number of fused-ring (bicyclic) bond motifs is 1. The molecule has 1 N–H and O–H groups in total. The minimum Gasteiger partial charge on any atom is -0.256 e. The lowest BCUT2D eigenvalue weighted by atomic mass is 10.1. The molecule has 0 aliphatic carbocycles. The summed E-state index contributed by atoms with van der Waals surface area (Å²) < 4.78 is 28.0. The lowest BCUT2D eigenvalue weighted by Crippen LogP contribution is -2.23. The van der Waals surface area contributed by atoms with Gasteiger partial charge in [0.25, 0.3) is 0 Å². The second kappa shape index (κ2) is 6.99. The predicted molar refractivity (Wildman–Crippen MR) is 106 cm³/mol. The number of aromatic nitrogens is 1. The monoisotopic (exact) mass is 380 g/mol.